The van der Waals surface area contributed by atoms with Crippen LogP contribution in [0.4, 0.5) is 0 Å². The summed E-state index contributed by atoms with van der Waals surface area (Å²) in [6.45, 7) is 2.06. The number of nitrogens with zero attached hydrogens (tertiary/aromatic N) is 1. The smallest absolute Gasteiger partial charge is 0.101 e. The van der Waals surface area contributed by atoms with Gasteiger partial charge in [-0.05, 0) is 17.9 Å². The van der Waals surface area contributed by atoms with E-state index >= 15 is 0 Å². The molecule has 0 radical (unpaired) electrons. The van der Waals surface area contributed by atoms with Crippen molar-refractivity contribution in [3.8, 4) is 17.2 Å². The first-order valence-corrected chi connectivity index (χ1v) is 5.29. The lowest BCUT2D eigenvalue weighted by Crippen LogP contribution is -1.78. The molecule has 0 amide bonds. The highest BCUT2D eigenvalue weighted by Crippen LogP contribution is 2.26. The number of thiophene rings is 1. The second-order valence-electron chi connectivity index (χ2n) is 3.18. The lowest BCUT2D eigenvalue weighted by molar-refractivity contribution is 1.46. The highest BCUT2D eigenvalue weighted by Gasteiger charge is 2.04. The van der Waals surface area contributed by atoms with Gasteiger partial charge in [-0.15, -0.1) is 0 Å². The van der Waals surface area contributed by atoms with E-state index in [2.05, 4.69) is 37.3 Å². The third-order valence-electron chi connectivity index (χ3n) is 2.14. The Morgan fingerprint density at radius 1 is 1.14 bits per heavy atom. The molecule has 0 bridgehead atoms. The van der Waals surface area contributed by atoms with Crippen LogP contribution in [0.3, 0.4) is 0 Å². The number of aryl methyl sites for hydroxylation is 1. The first kappa shape index (κ1) is 8.98. The fourth-order valence-electron chi connectivity index (χ4n) is 1.34. The van der Waals surface area contributed by atoms with Crippen molar-refractivity contribution in [2.45, 2.75) is 6.92 Å². The van der Waals surface area contributed by atoms with E-state index in [4.69, 9.17) is 5.26 Å². The number of benzene rings is 1. The summed E-state index contributed by atoms with van der Waals surface area (Å²) in [5.41, 5.74) is 4.16. The molecule has 14 heavy (non-hydrogen) atoms. The second kappa shape index (κ2) is 3.65. The van der Waals surface area contributed by atoms with Gasteiger partial charge in [0.15, 0.2) is 0 Å². The monoisotopic (exact) mass is 199 g/mol. The maximum atomic E-state index is 8.88. The van der Waals surface area contributed by atoms with Gasteiger partial charge in [0.1, 0.15) is 6.07 Å². The number of hydrogen-bond acceptors (Lipinski definition) is 2. The van der Waals surface area contributed by atoms with Crippen molar-refractivity contribution in [3.05, 3.63) is 46.2 Å². The third kappa shape index (κ3) is 1.55. The largest absolute Gasteiger partial charge is 0.192 e. The molecule has 0 aliphatic heterocycles. The minimum atomic E-state index is 0.763. The van der Waals surface area contributed by atoms with Gasteiger partial charge in [-0.2, -0.15) is 16.6 Å². The Morgan fingerprint density at radius 3 is 2.50 bits per heavy atom. The van der Waals surface area contributed by atoms with Crippen LogP contribution in [0.15, 0.2) is 35.0 Å². The van der Waals surface area contributed by atoms with Crippen molar-refractivity contribution in [1.82, 2.24) is 0 Å². The van der Waals surface area contributed by atoms with Crippen LogP contribution in [0.2, 0.25) is 0 Å². The zero-order chi connectivity index (χ0) is 9.97. The minimum Gasteiger partial charge on any atom is -0.192 e. The summed E-state index contributed by atoms with van der Waals surface area (Å²) in [5.74, 6) is 0. The third-order valence-corrected chi connectivity index (χ3v) is 2.89. The molecular weight excluding hydrogens is 190 g/mol. The topological polar surface area (TPSA) is 23.8 Å². The van der Waals surface area contributed by atoms with Crippen molar-refractivity contribution in [2.75, 3.05) is 0 Å². The summed E-state index contributed by atoms with van der Waals surface area (Å²) >= 11 is 1.57. The molecule has 1 nitrogen and oxygen atoms in total. The van der Waals surface area contributed by atoms with Gasteiger partial charge in [0, 0.05) is 10.9 Å². The number of nitriles is 1. The van der Waals surface area contributed by atoms with E-state index < -0.39 is 0 Å². The van der Waals surface area contributed by atoms with Crippen LogP contribution in [0, 0.1) is 18.3 Å². The molecular formula is C12H9NS. The van der Waals surface area contributed by atoms with E-state index in [-0.39, 0.29) is 0 Å². The predicted molar refractivity (Wildman–Crippen MR) is 59.2 cm³/mol. The molecule has 0 fully saturated rings. The van der Waals surface area contributed by atoms with Crippen molar-refractivity contribution in [3.63, 3.8) is 0 Å². The van der Waals surface area contributed by atoms with Gasteiger partial charge in [-0.25, -0.2) is 0 Å². The van der Waals surface area contributed by atoms with Gasteiger partial charge in [-0.3, -0.25) is 0 Å². The van der Waals surface area contributed by atoms with Crippen molar-refractivity contribution in [2.24, 2.45) is 0 Å². The molecule has 0 spiro atoms. The molecule has 1 aromatic carbocycles. The summed E-state index contributed by atoms with van der Waals surface area (Å²) in [4.78, 5) is 0. The Bertz CT molecular complexity index is 474. The van der Waals surface area contributed by atoms with E-state index in [1.54, 1.807) is 11.3 Å². The predicted octanol–water partition coefficient (Wildman–Crippen LogP) is 3.60. The fraction of sp³-hybridized carbons (Fsp3) is 0.0833. The Morgan fingerprint density at radius 2 is 1.86 bits per heavy atom. The number of rotatable bonds is 1. The lowest BCUT2D eigenvalue weighted by Gasteiger charge is -1.99. The molecule has 2 heteroatoms. The molecule has 0 atom stereocenters. The van der Waals surface area contributed by atoms with E-state index in [0.29, 0.717) is 0 Å². The maximum Gasteiger partial charge on any atom is 0.101 e. The van der Waals surface area contributed by atoms with Crippen molar-refractivity contribution >= 4 is 11.3 Å². The summed E-state index contributed by atoms with van der Waals surface area (Å²) in [6, 6.07) is 10.4. The van der Waals surface area contributed by atoms with E-state index in [0.717, 1.165) is 16.7 Å². The molecule has 0 aliphatic rings. The number of hydrogen-bond donors (Lipinski definition) is 0. The molecule has 2 aromatic rings. The van der Waals surface area contributed by atoms with Crippen molar-refractivity contribution < 1.29 is 0 Å². The lowest BCUT2D eigenvalue weighted by atomic mass is 10.0. The standard InChI is InChI=1S/C12H9NS/c1-9-2-4-10(5-3-9)12-8-14-7-11(12)6-13/h2-5,7-8H,1H3. The van der Waals surface area contributed by atoms with Crippen LogP contribution < -0.4 is 0 Å². The second-order valence-corrected chi connectivity index (χ2v) is 3.92. The maximum absolute atomic E-state index is 8.88. The molecule has 0 saturated heterocycles. The quantitative estimate of drug-likeness (QED) is 0.688. The minimum absolute atomic E-state index is 0.763. The summed E-state index contributed by atoms with van der Waals surface area (Å²) < 4.78 is 0. The summed E-state index contributed by atoms with van der Waals surface area (Å²) in [6.07, 6.45) is 0. The van der Waals surface area contributed by atoms with E-state index in [1.165, 1.54) is 5.56 Å². The molecule has 0 saturated carbocycles. The molecule has 68 valence electrons. The highest BCUT2D eigenvalue weighted by atomic mass is 32.1. The van der Waals surface area contributed by atoms with Crippen LogP contribution in [0.1, 0.15) is 11.1 Å². The van der Waals surface area contributed by atoms with Crippen LogP contribution in [0.25, 0.3) is 11.1 Å². The van der Waals surface area contributed by atoms with Gasteiger partial charge in [0.25, 0.3) is 0 Å². The van der Waals surface area contributed by atoms with E-state index in [9.17, 15) is 0 Å². The zero-order valence-corrected chi connectivity index (χ0v) is 8.64. The summed E-state index contributed by atoms with van der Waals surface area (Å²) in [5, 5.41) is 12.8. The Hall–Kier alpha value is -1.59. The molecule has 0 N–H and O–H groups in total. The van der Waals surface area contributed by atoms with Crippen LogP contribution in [-0.4, -0.2) is 0 Å². The van der Waals surface area contributed by atoms with E-state index in [1.807, 2.05) is 10.8 Å². The molecule has 0 aliphatic carbocycles. The SMILES string of the molecule is Cc1ccc(-c2cscc2C#N)cc1. The van der Waals surface area contributed by atoms with Crippen LogP contribution >= 0.6 is 11.3 Å². The Kier molecular flexibility index (Phi) is 2.34. The van der Waals surface area contributed by atoms with Gasteiger partial charge in [0.05, 0.1) is 5.56 Å². The Balaban J connectivity index is 2.50. The first-order chi connectivity index (χ1) is 6.81. The van der Waals surface area contributed by atoms with Crippen LogP contribution in [0.5, 0.6) is 0 Å². The van der Waals surface area contributed by atoms with Crippen molar-refractivity contribution in [1.29, 1.82) is 5.26 Å². The first-order valence-electron chi connectivity index (χ1n) is 4.34. The molecule has 2 rings (SSSR count). The fourth-order valence-corrected chi connectivity index (χ4v) is 2.12. The average Bonchev–Trinajstić information content (AvgIpc) is 2.67. The molecule has 0 unspecified atom stereocenters. The van der Waals surface area contributed by atoms with Gasteiger partial charge >= 0.3 is 0 Å². The zero-order valence-electron chi connectivity index (χ0n) is 7.82. The molecule has 1 aromatic heterocycles. The Labute approximate surface area is 87.3 Å². The average molecular weight is 199 g/mol. The van der Waals surface area contributed by atoms with Crippen LogP contribution in [-0.2, 0) is 0 Å². The van der Waals surface area contributed by atoms with Gasteiger partial charge < -0.3 is 0 Å². The normalized spacial score (nSPS) is 9.71. The molecule has 1 heterocycles. The van der Waals surface area contributed by atoms with Gasteiger partial charge in [-0.1, -0.05) is 29.8 Å². The summed E-state index contributed by atoms with van der Waals surface area (Å²) in [7, 11) is 0. The van der Waals surface area contributed by atoms with Gasteiger partial charge in [0.2, 0.25) is 0 Å². The highest BCUT2D eigenvalue weighted by molar-refractivity contribution is 7.08.